The molecule has 0 unspecified atom stereocenters. The Labute approximate surface area is 113 Å². The molecule has 0 aliphatic heterocycles. The second-order valence-electron chi connectivity index (χ2n) is 7.25. The lowest BCUT2D eigenvalue weighted by Crippen LogP contribution is -2.44. The summed E-state index contributed by atoms with van der Waals surface area (Å²) in [6, 6.07) is 0.645. The molecule has 0 aromatic rings. The summed E-state index contributed by atoms with van der Waals surface area (Å²) >= 11 is 0. The fourth-order valence-corrected chi connectivity index (χ4v) is 3.59. The Bertz CT molecular complexity index is 242. The summed E-state index contributed by atoms with van der Waals surface area (Å²) in [5.41, 5.74) is 0.923. The van der Waals surface area contributed by atoms with E-state index in [4.69, 9.17) is 4.74 Å². The maximum atomic E-state index is 5.54. The molecule has 1 fully saturated rings. The summed E-state index contributed by atoms with van der Waals surface area (Å²) in [4.78, 5) is 0. The van der Waals surface area contributed by atoms with Crippen molar-refractivity contribution >= 4 is 0 Å². The van der Waals surface area contributed by atoms with E-state index in [2.05, 4.69) is 39.6 Å². The predicted molar refractivity (Wildman–Crippen MR) is 78.8 cm³/mol. The molecule has 0 aromatic carbocycles. The van der Waals surface area contributed by atoms with Crippen LogP contribution in [0.2, 0.25) is 0 Å². The molecule has 0 aromatic heterocycles. The highest BCUT2D eigenvalue weighted by atomic mass is 16.5. The van der Waals surface area contributed by atoms with Gasteiger partial charge in [-0.2, -0.15) is 0 Å². The normalized spacial score (nSPS) is 22.9. The minimum atomic E-state index is 0.461. The molecule has 0 spiro atoms. The van der Waals surface area contributed by atoms with Gasteiger partial charge in [0.2, 0.25) is 0 Å². The molecule has 0 bridgehead atoms. The topological polar surface area (TPSA) is 21.3 Å². The van der Waals surface area contributed by atoms with Crippen molar-refractivity contribution in [3.05, 3.63) is 12.7 Å². The van der Waals surface area contributed by atoms with Crippen molar-refractivity contribution in [2.24, 2.45) is 10.8 Å². The number of hydrogen-bond acceptors (Lipinski definition) is 2. The molecule has 0 atom stereocenters. The van der Waals surface area contributed by atoms with Gasteiger partial charge in [-0.15, -0.1) is 6.58 Å². The second-order valence-corrected chi connectivity index (χ2v) is 7.25. The Morgan fingerprint density at radius 1 is 1.17 bits per heavy atom. The van der Waals surface area contributed by atoms with E-state index in [1.165, 1.54) is 19.3 Å². The summed E-state index contributed by atoms with van der Waals surface area (Å²) in [7, 11) is 0. The van der Waals surface area contributed by atoms with Gasteiger partial charge in [0.05, 0.1) is 13.2 Å². The number of hydrogen-bond donors (Lipinski definition) is 1. The van der Waals surface area contributed by atoms with Crippen LogP contribution in [-0.4, -0.2) is 25.8 Å². The Morgan fingerprint density at radius 3 is 2.33 bits per heavy atom. The quantitative estimate of drug-likeness (QED) is 0.551. The first-order valence-electron chi connectivity index (χ1n) is 7.27. The first-order valence-corrected chi connectivity index (χ1v) is 7.27. The van der Waals surface area contributed by atoms with E-state index in [-0.39, 0.29) is 0 Å². The van der Waals surface area contributed by atoms with Gasteiger partial charge in [0.25, 0.3) is 0 Å². The third-order valence-corrected chi connectivity index (χ3v) is 3.70. The first kappa shape index (κ1) is 15.7. The van der Waals surface area contributed by atoms with E-state index in [1.54, 1.807) is 0 Å². The molecular formula is C16H31NO. The zero-order valence-corrected chi connectivity index (χ0v) is 12.7. The van der Waals surface area contributed by atoms with Crippen molar-refractivity contribution < 1.29 is 4.74 Å². The van der Waals surface area contributed by atoms with Crippen molar-refractivity contribution in [2.75, 3.05) is 19.8 Å². The van der Waals surface area contributed by atoms with Crippen LogP contribution in [0.1, 0.15) is 53.4 Å². The fourth-order valence-electron chi connectivity index (χ4n) is 3.59. The van der Waals surface area contributed by atoms with Gasteiger partial charge in [-0.1, -0.05) is 33.8 Å². The van der Waals surface area contributed by atoms with Crippen LogP contribution < -0.4 is 5.32 Å². The molecule has 0 saturated heterocycles. The second kappa shape index (κ2) is 6.72. The average molecular weight is 253 g/mol. The van der Waals surface area contributed by atoms with E-state index < -0.39 is 0 Å². The summed E-state index contributed by atoms with van der Waals surface area (Å²) in [5, 5.41) is 3.66. The van der Waals surface area contributed by atoms with Gasteiger partial charge in [0, 0.05) is 12.6 Å². The zero-order chi connectivity index (χ0) is 13.6. The minimum Gasteiger partial charge on any atom is -0.380 e. The molecule has 2 nitrogen and oxygen atoms in total. The van der Waals surface area contributed by atoms with Gasteiger partial charge in [-0.05, 0) is 36.5 Å². The van der Waals surface area contributed by atoms with E-state index in [0.717, 1.165) is 26.2 Å². The van der Waals surface area contributed by atoms with E-state index >= 15 is 0 Å². The van der Waals surface area contributed by atoms with Gasteiger partial charge < -0.3 is 10.1 Å². The lowest BCUT2D eigenvalue weighted by atomic mass is 9.63. The third kappa shape index (κ3) is 6.01. The van der Waals surface area contributed by atoms with E-state index in [9.17, 15) is 0 Å². The Morgan fingerprint density at radius 2 is 1.78 bits per heavy atom. The maximum Gasteiger partial charge on any atom is 0.0591 e. The molecule has 106 valence electrons. The Hall–Kier alpha value is -0.340. The molecule has 0 radical (unpaired) electrons. The van der Waals surface area contributed by atoms with Crippen molar-refractivity contribution in [1.82, 2.24) is 5.32 Å². The van der Waals surface area contributed by atoms with Crippen LogP contribution in [-0.2, 0) is 4.74 Å². The van der Waals surface area contributed by atoms with Crippen molar-refractivity contribution in [3.8, 4) is 0 Å². The van der Waals surface area contributed by atoms with E-state index in [0.29, 0.717) is 16.9 Å². The SMILES string of the molecule is C=CCCOCCNC1CC(C)(C)CC(C)(C)C1. The molecule has 0 heterocycles. The van der Waals surface area contributed by atoms with Crippen molar-refractivity contribution in [1.29, 1.82) is 0 Å². The standard InChI is InChI=1S/C16H31NO/c1-6-7-9-18-10-8-17-14-11-15(2,3)13-16(4,5)12-14/h6,14,17H,1,7-13H2,2-5H3. The molecule has 2 heteroatoms. The maximum absolute atomic E-state index is 5.54. The van der Waals surface area contributed by atoms with Crippen LogP contribution in [0.15, 0.2) is 12.7 Å². The van der Waals surface area contributed by atoms with Crippen LogP contribution in [0.25, 0.3) is 0 Å². The van der Waals surface area contributed by atoms with Gasteiger partial charge in [0.1, 0.15) is 0 Å². The van der Waals surface area contributed by atoms with Crippen LogP contribution in [0, 0.1) is 10.8 Å². The monoisotopic (exact) mass is 253 g/mol. The highest BCUT2D eigenvalue weighted by Gasteiger charge is 2.37. The van der Waals surface area contributed by atoms with Crippen LogP contribution in [0.5, 0.6) is 0 Å². The Balaban J connectivity index is 2.23. The van der Waals surface area contributed by atoms with Gasteiger partial charge >= 0.3 is 0 Å². The molecule has 1 saturated carbocycles. The van der Waals surface area contributed by atoms with Crippen LogP contribution in [0.4, 0.5) is 0 Å². The van der Waals surface area contributed by atoms with Gasteiger partial charge in [0.15, 0.2) is 0 Å². The van der Waals surface area contributed by atoms with Gasteiger partial charge in [-0.25, -0.2) is 0 Å². The molecule has 1 N–H and O–H groups in total. The van der Waals surface area contributed by atoms with Crippen LogP contribution in [0.3, 0.4) is 0 Å². The number of ether oxygens (including phenoxy) is 1. The van der Waals surface area contributed by atoms with Gasteiger partial charge in [-0.3, -0.25) is 0 Å². The van der Waals surface area contributed by atoms with Crippen molar-refractivity contribution in [2.45, 2.75) is 59.4 Å². The lowest BCUT2D eigenvalue weighted by Gasteiger charge is -2.45. The largest absolute Gasteiger partial charge is 0.380 e. The fraction of sp³-hybridized carbons (Fsp3) is 0.875. The smallest absolute Gasteiger partial charge is 0.0591 e. The Kier molecular flexibility index (Phi) is 5.87. The van der Waals surface area contributed by atoms with Crippen LogP contribution >= 0.6 is 0 Å². The highest BCUT2D eigenvalue weighted by molar-refractivity contribution is 4.92. The molecule has 1 rings (SSSR count). The third-order valence-electron chi connectivity index (χ3n) is 3.70. The lowest BCUT2D eigenvalue weighted by molar-refractivity contribution is 0.0772. The summed E-state index contributed by atoms with van der Waals surface area (Å²) in [5.74, 6) is 0. The van der Waals surface area contributed by atoms with Crippen molar-refractivity contribution in [3.63, 3.8) is 0 Å². The molecule has 0 amide bonds. The zero-order valence-electron chi connectivity index (χ0n) is 12.7. The number of nitrogens with one attached hydrogen (secondary N) is 1. The average Bonchev–Trinajstić information content (AvgIpc) is 2.18. The molecule has 1 aliphatic carbocycles. The first-order chi connectivity index (χ1) is 8.35. The number of rotatable bonds is 7. The summed E-state index contributed by atoms with van der Waals surface area (Å²) in [6.45, 7) is 15.8. The summed E-state index contributed by atoms with van der Waals surface area (Å²) < 4.78 is 5.54. The predicted octanol–water partition coefficient (Wildman–Crippen LogP) is 3.77. The summed E-state index contributed by atoms with van der Waals surface area (Å²) in [6.07, 6.45) is 6.74. The molecule has 18 heavy (non-hydrogen) atoms. The van der Waals surface area contributed by atoms with E-state index in [1.807, 2.05) is 6.08 Å². The molecule has 1 aliphatic rings. The minimum absolute atomic E-state index is 0.461. The molecular weight excluding hydrogens is 222 g/mol. The highest BCUT2D eigenvalue weighted by Crippen LogP contribution is 2.45.